The van der Waals surface area contributed by atoms with E-state index in [1.165, 1.54) is 20.4 Å². The average Bonchev–Trinajstić information content (AvgIpc) is 4.10. The Labute approximate surface area is 354 Å². The summed E-state index contributed by atoms with van der Waals surface area (Å²) in [5, 5.41) is 4.93. The van der Waals surface area contributed by atoms with Gasteiger partial charge >= 0.3 is 12.2 Å². The molecular weight excluding hydrogens is 773 g/mol. The first-order chi connectivity index (χ1) is 29.4. The predicted octanol–water partition coefficient (Wildman–Crippen LogP) is 8.74. The van der Waals surface area contributed by atoms with Gasteiger partial charge in [-0.05, 0) is 107 Å². The summed E-state index contributed by atoms with van der Waals surface area (Å²) in [7, 11) is 2.56. The lowest BCUT2D eigenvalue weighted by molar-refractivity contribution is -0.136. The van der Waals surface area contributed by atoms with Crippen molar-refractivity contribution in [3.63, 3.8) is 0 Å². The Hall–Kier alpha value is -6.57. The van der Waals surface area contributed by atoms with Crippen molar-refractivity contribution in [3.8, 4) is 22.3 Å². The number of fused-ring (bicyclic) bond motifs is 3. The van der Waals surface area contributed by atoms with Gasteiger partial charge in [-0.3, -0.25) is 9.59 Å². The van der Waals surface area contributed by atoms with Gasteiger partial charge in [-0.25, -0.2) is 19.6 Å². The van der Waals surface area contributed by atoms with E-state index in [4.69, 9.17) is 14.7 Å². The van der Waals surface area contributed by atoms with Gasteiger partial charge in [0.2, 0.25) is 11.8 Å². The lowest BCUT2D eigenvalue weighted by Crippen LogP contribution is -2.51. The molecule has 2 aromatic heterocycles. The molecule has 0 spiro atoms. The molecule has 0 aliphatic carbocycles. The number of imidazole rings is 2. The van der Waals surface area contributed by atoms with Crippen LogP contribution in [0.25, 0.3) is 55.1 Å². The predicted molar refractivity (Wildman–Crippen MR) is 235 cm³/mol. The van der Waals surface area contributed by atoms with Gasteiger partial charge in [-0.2, -0.15) is 4.99 Å². The van der Waals surface area contributed by atoms with Crippen molar-refractivity contribution < 1.29 is 28.7 Å². The van der Waals surface area contributed by atoms with Gasteiger partial charge in [0, 0.05) is 19.3 Å². The molecule has 61 heavy (non-hydrogen) atoms. The van der Waals surface area contributed by atoms with E-state index in [2.05, 4.69) is 85.7 Å². The number of carbonyl (C=O) groups excluding carboxylic acids is 4. The van der Waals surface area contributed by atoms with Crippen molar-refractivity contribution in [2.24, 2.45) is 22.7 Å². The molecule has 4 aromatic carbocycles. The van der Waals surface area contributed by atoms with E-state index in [1.54, 1.807) is 0 Å². The highest BCUT2D eigenvalue weighted by atomic mass is 16.5. The topological polar surface area (TPSA) is 175 Å². The third-order valence-electron chi connectivity index (χ3n) is 12.1. The normalized spacial score (nSPS) is 17.9. The molecule has 2 aliphatic rings. The molecule has 0 saturated carbocycles. The van der Waals surface area contributed by atoms with Gasteiger partial charge in [0.1, 0.15) is 17.7 Å². The molecule has 8 rings (SSSR count). The fraction of sp³-hybridized carbons (Fsp3) is 0.383. The van der Waals surface area contributed by atoms with E-state index in [9.17, 15) is 19.2 Å². The molecule has 3 N–H and O–H groups in total. The van der Waals surface area contributed by atoms with Crippen LogP contribution in [-0.4, -0.2) is 93.3 Å². The van der Waals surface area contributed by atoms with E-state index in [1.807, 2.05) is 49.6 Å². The Bertz CT molecular complexity index is 2660. The van der Waals surface area contributed by atoms with Crippen LogP contribution in [0, 0.1) is 17.8 Å². The fourth-order valence-electron chi connectivity index (χ4n) is 8.75. The van der Waals surface area contributed by atoms with E-state index in [0.29, 0.717) is 13.1 Å². The maximum atomic E-state index is 13.7. The van der Waals surface area contributed by atoms with Crippen LogP contribution < -0.4 is 5.32 Å². The van der Waals surface area contributed by atoms with Gasteiger partial charge < -0.3 is 34.6 Å². The van der Waals surface area contributed by atoms with E-state index >= 15 is 0 Å². The molecule has 2 fully saturated rings. The van der Waals surface area contributed by atoms with E-state index < -0.39 is 24.1 Å². The summed E-state index contributed by atoms with van der Waals surface area (Å²) >= 11 is 0. The van der Waals surface area contributed by atoms with Gasteiger partial charge in [-0.1, -0.05) is 64.1 Å². The number of carbonyl (C=O) groups is 4. The molecule has 6 aromatic rings. The van der Waals surface area contributed by atoms with Crippen LogP contribution in [0.15, 0.2) is 77.8 Å². The molecule has 0 bridgehead atoms. The number of rotatable bonds is 10. The Morgan fingerprint density at radius 2 is 1.18 bits per heavy atom. The first kappa shape index (κ1) is 41.2. The summed E-state index contributed by atoms with van der Waals surface area (Å²) in [6.45, 7) is 8.91. The molecule has 4 heterocycles. The zero-order chi connectivity index (χ0) is 42.9. The standard InChI is InChI=1S/C47H52N8O6/c1-26(2)34(25-48-46(58)60-5)44(56)54-19-7-9-39(54)42-49-35-17-15-32(23-37(35)51-42)30-13-11-29-22-31(14-12-28(29)21-30)33-16-18-36-38(24-33)52-43(50-36)40-10-8-20-55(40)45(57)41(27(3)4)53-47(59)61-6/h11-18,21-27,34,39-41H,7-10,19-20H2,1-6H3,(H,49,51)(H,50,52)(H,53,59)/b48-25+/t34?,39-,40-,41-/m0/s1. The maximum absolute atomic E-state index is 13.7. The van der Waals surface area contributed by atoms with Crippen LogP contribution in [0.5, 0.6) is 0 Å². The molecule has 1 unspecified atom stereocenters. The highest BCUT2D eigenvalue weighted by Gasteiger charge is 2.38. The number of H-pyrrole nitrogens is 2. The summed E-state index contributed by atoms with van der Waals surface area (Å²) in [5.74, 6) is 0.572. The van der Waals surface area contributed by atoms with Crippen molar-refractivity contribution in [2.45, 2.75) is 71.5 Å². The number of ether oxygens (including phenoxy) is 2. The summed E-state index contributed by atoms with van der Waals surface area (Å²) < 4.78 is 9.43. The third kappa shape index (κ3) is 8.31. The quantitative estimate of drug-likeness (QED) is 0.115. The minimum atomic E-state index is -0.724. The Balaban J connectivity index is 0.991. The first-order valence-corrected chi connectivity index (χ1v) is 21.0. The average molecular weight is 825 g/mol. The van der Waals surface area contributed by atoms with Crippen molar-refractivity contribution in [1.82, 2.24) is 35.1 Å². The van der Waals surface area contributed by atoms with E-state index in [-0.39, 0.29) is 35.7 Å². The van der Waals surface area contributed by atoms with E-state index in [0.717, 1.165) is 92.4 Å². The molecule has 316 valence electrons. The van der Waals surface area contributed by atoms with Crippen LogP contribution in [0.3, 0.4) is 0 Å². The number of hydrogen-bond donors (Lipinski definition) is 3. The largest absolute Gasteiger partial charge is 0.453 e. The molecule has 4 atom stereocenters. The number of nitrogens with one attached hydrogen (secondary N) is 3. The molecule has 4 amide bonds. The molecule has 0 radical (unpaired) electrons. The molecule has 2 saturated heterocycles. The van der Waals surface area contributed by atoms with Crippen molar-refractivity contribution in [3.05, 3.63) is 84.4 Å². The number of likely N-dealkylation sites (tertiary alicyclic amines) is 2. The second kappa shape index (κ2) is 17.2. The number of nitrogens with zero attached hydrogens (tertiary/aromatic N) is 5. The highest BCUT2D eigenvalue weighted by molar-refractivity contribution is 5.97. The SMILES string of the molecule is COC(=O)/N=C/C(C(=O)N1CCC[C@H]1c1nc2ccc(-c3ccc4cc(-c5ccc6nc([C@@H]7CCCN7C(=O)[C@@H](NC(=O)OC)C(C)C)[nH]c6c5)ccc4c3)cc2[nH]1)C(C)C. The minimum Gasteiger partial charge on any atom is -0.453 e. The van der Waals surface area contributed by atoms with Crippen molar-refractivity contribution >= 4 is 63.1 Å². The van der Waals surface area contributed by atoms with Gasteiger partial charge in [0.15, 0.2) is 0 Å². The Kier molecular flexibility index (Phi) is 11.6. The second-order valence-corrected chi connectivity index (χ2v) is 16.7. The van der Waals surface area contributed by atoms with Crippen LogP contribution >= 0.6 is 0 Å². The number of hydrogen-bond acceptors (Lipinski definition) is 8. The maximum Gasteiger partial charge on any atom is 0.432 e. The number of aliphatic imine (C=N–C) groups is 1. The van der Waals surface area contributed by atoms with Gasteiger partial charge in [0.25, 0.3) is 0 Å². The lowest BCUT2D eigenvalue weighted by Gasteiger charge is -2.29. The zero-order valence-corrected chi connectivity index (χ0v) is 35.4. The highest BCUT2D eigenvalue weighted by Crippen LogP contribution is 2.37. The van der Waals surface area contributed by atoms with Gasteiger partial charge in [-0.15, -0.1) is 0 Å². The van der Waals surface area contributed by atoms with Crippen LogP contribution in [-0.2, 0) is 19.1 Å². The number of amides is 4. The van der Waals surface area contributed by atoms with Crippen LogP contribution in [0.2, 0.25) is 0 Å². The Morgan fingerprint density at radius 1 is 0.689 bits per heavy atom. The van der Waals surface area contributed by atoms with Crippen LogP contribution in [0.1, 0.15) is 77.1 Å². The number of methoxy groups -OCH3 is 2. The zero-order valence-electron chi connectivity index (χ0n) is 35.4. The molecule has 14 heteroatoms. The first-order valence-electron chi connectivity index (χ1n) is 21.0. The van der Waals surface area contributed by atoms with Crippen LogP contribution in [0.4, 0.5) is 9.59 Å². The third-order valence-corrected chi connectivity index (χ3v) is 12.1. The monoisotopic (exact) mass is 824 g/mol. The summed E-state index contributed by atoms with van der Waals surface area (Å²) in [5.41, 5.74) is 7.70. The number of aromatic amines is 2. The summed E-state index contributed by atoms with van der Waals surface area (Å²) in [4.78, 5) is 75.5. The fourth-order valence-corrected chi connectivity index (χ4v) is 8.75. The number of benzene rings is 4. The summed E-state index contributed by atoms with van der Waals surface area (Å²) in [6, 6.07) is 24.2. The van der Waals surface area contributed by atoms with Gasteiger partial charge in [0.05, 0.1) is 54.3 Å². The summed E-state index contributed by atoms with van der Waals surface area (Å²) in [6.07, 6.45) is 3.34. The van der Waals surface area contributed by atoms with Crippen molar-refractivity contribution in [2.75, 3.05) is 27.3 Å². The Morgan fingerprint density at radius 3 is 1.66 bits per heavy atom. The molecule has 2 aliphatic heterocycles. The molecular formula is C47H52N8O6. The second-order valence-electron chi connectivity index (χ2n) is 16.7. The number of alkyl carbamates (subject to hydrolysis) is 1. The smallest absolute Gasteiger partial charge is 0.432 e. The number of aromatic nitrogens is 4. The molecule has 14 nitrogen and oxygen atoms in total. The lowest BCUT2D eigenvalue weighted by atomic mass is 9.95. The minimum absolute atomic E-state index is 0.0487. The van der Waals surface area contributed by atoms with Crippen molar-refractivity contribution in [1.29, 1.82) is 0 Å².